The summed E-state index contributed by atoms with van der Waals surface area (Å²) in [5.74, 6) is 0. The Morgan fingerprint density at radius 3 is 2.60 bits per heavy atom. The minimum atomic E-state index is 0.522. The van der Waals surface area contributed by atoms with Gasteiger partial charge in [-0.3, -0.25) is 0 Å². The van der Waals surface area contributed by atoms with Crippen molar-refractivity contribution in [1.82, 2.24) is 5.32 Å². The second-order valence-corrected chi connectivity index (χ2v) is 6.89. The lowest BCUT2D eigenvalue weighted by Crippen LogP contribution is -2.25. The molecular weight excluding hydrogens is 289 g/mol. The molecule has 2 rings (SSSR count). The molecule has 1 aliphatic carbocycles. The SMILES string of the molecule is CCNCCC1(CCc2cc(Cl)ccc2Cl)CCCC1. The standard InChI is InChI=1S/C17H25Cl2N/c1-2-20-12-11-17(8-3-4-9-17)10-7-14-13-15(18)5-6-16(14)19/h5-6,13,20H,2-4,7-12H2,1H3. The van der Waals surface area contributed by atoms with Crippen LogP contribution in [-0.4, -0.2) is 13.1 Å². The summed E-state index contributed by atoms with van der Waals surface area (Å²) in [5, 5.41) is 5.12. The largest absolute Gasteiger partial charge is 0.317 e. The van der Waals surface area contributed by atoms with Gasteiger partial charge in [-0.15, -0.1) is 0 Å². The fraction of sp³-hybridized carbons (Fsp3) is 0.647. The topological polar surface area (TPSA) is 12.0 Å². The van der Waals surface area contributed by atoms with Gasteiger partial charge in [-0.1, -0.05) is 43.0 Å². The van der Waals surface area contributed by atoms with Crippen molar-refractivity contribution >= 4 is 23.2 Å². The van der Waals surface area contributed by atoms with Crippen molar-refractivity contribution in [2.45, 2.75) is 51.9 Å². The number of nitrogens with one attached hydrogen (secondary N) is 1. The fourth-order valence-electron chi connectivity index (χ4n) is 3.42. The van der Waals surface area contributed by atoms with E-state index < -0.39 is 0 Å². The van der Waals surface area contributed by atoms with Crippen molar-refractivity contribution in [3.05, 3.63) is 33.8 Å². The van der Waals surface area contributed by atoms with Crippen molar-refractivity contribution in [3.8, 4) is 0 Å². The van der Waals surface area contributed by atoms with E-state index in [4.69, 9.17) is 23.2 Å². The number of halogens is 2. The highest BCUT2D eigenvalue weighted by atomic mass is 35.5. The van der Waals surface area contributed by atoms with E-state index in [0.717, 1.165) is 29.6 Å². The van der Waals surface area contributed by atoms with E-state index in [2.05, 4.69) is 12.2 Å². The van der Waals surface area contributed by atoms with Crippen LogP contribution in [0.25, 0.3) is 0 Å². The third kappa shape index (κ3) is 4.38. The van der Waals surface area contributed by atoms with Crippen LogP contribution in [0.5, 0.6) is 0 Å². The monoisotopic (exact) mass is 313 g/mol. The second-order valence-electron chi connectivity index (χ2n) is 6.05. The third-order valence-electron chi connectivity index (χ3n) is 4.68. The van der Waals surface area contributed by atoms with Crippen LogP contribution in [0.1, 0.15) is 51.0 Å². The summed E-state index contributed by atoms with van der Waals surface area (Å²) in [6, 6.07) is 5.81. The molecular formula is C17H25Cl2N. The Kier molecular flexibility index (Phi) is 6.20. The molecule has 1 aromatic carbocycles. The molecule has 1 aliphatic rings. The van der Waals surface area contributed by atoms with E-state index >= 15 is 0 Å². The Bertz CT molecular complexity index is 425. The molecule has 1 N–H and O–H groups in total. The van der Waals surface area contributed by atoms with E-state index in [1.165, 1.54) is 44.1 Å². The van der Waals surface area contributed by atoms with E-state index in [1.54, 1.807) is 0 Å². The smallest absolute Gasteiger partial charge is 0.0439 e. The van der Waals surface area contributed by atoms with Crippen LogP contribution >= 0.6 is 23.2 Å². The molecule has 0 unspecified atom stereocenters. The first kappa shape index (κ1) is 16.1. The van der Waals surface area contributed by atoms with Crippen LogP contribution in [0, 0.1) is 5.41 Å². The first-order chi connectivity index (χ1) is 9.65. The lowest BCUT2D eigenvalue weighted by Gasteiger charge is -2.29. The molecule has 112 valence electrons. The molecule has 1 nitrogen and oxygen atoms in total. The van der Waals surface area contributed by atoms with Crippen LogP contribution in [0.3, 0.4) is 0 Å². The summed E-state index contributed by atoms with van der Waals surface area (Å²) in [6.45, 7) is 4.38. The molecule has 0 aromatic heterocycles. The number of aryl methyl sites for hydroxylation is 1. The van der Waals surface area contributed by atoms with E-state index in [-0.39, 0.29) is 0 Å². The molecule has 1 aromatic rings. The lowest BCUT2D eigenvalue weighted by molar-refractivity contribution is 0.246. The van der Waals surface area contributed by atoms with Gasteiger partial charge < -0.3 is 5.32 Å². The first-order valence-corrected chi connectivity index (χ1v) is 8.55. The van der Waals surface area contributed by atoms with Gasteiger partial charge in [0.05, 0.1) is 0 Å². The molecule has 0 saturated heterocycles. The van der Waals surface area contributed by atoms with Crippen molar-refractivity contribution in [3.63, 3.8) is 0 Å². The minimum absolute atomic E-state index is 0.522. The van der Waals surface area contributed by atoms with Gasteiger partial charge in [0, 0.05) is 10.0 Å². The second kappa shape index (κ2) is 7.68. The summed E-state index contributed by atoms with van der Waals surface area (Å²) in [6.07, 6.45) is 9.08. The normalized spacial score (nSPS) is 17.6. The maximum absolute atomic E-state index is 6.28. The van der Waals surface area contributed by atoms with E-state index in [9.17, 15) is 0 Å². The highest BCUT2D eigenvalue weighted by Gasteiger charge is 2.32. The summed E-state index contributed by atoms with van der Waals surface area (Å²) < 4.78 is 0. The predicted molar refractivity (Wildman–Crippen MR) is 88.8 cm³/mol. The van der Waals surface area contributed by atoms with Gasteiger partial charge >= 0.3 is 0 Å². The van der Waals surface area contributed by atoms with E-state index in [1.807, 2.05) is 18.2 Å². The molecule has 0 spiro atoms. The zero-order chi connectivity index (χ0) is 14.4. The fourth-order valence-corrected chi connectivity index (χ4v) is 3.82. The molecule has 0 bridgehead atoms. The van der Waals surface area contributed by atoms with Crippen molar-refractivity contribution in [2.75, 3.05) is 13.1 Å². The molecule has 0 atom stereocenters. The van der Waals surface area contributed by atoms with Crippen LogP contribution in [0.4, 0.5) is 0 Å². The maximum atomic E-state index is 6.28. The van der Waals surface area contributed by atoms with Crippen LogP contribution in [-0.2, 0) is 6.42 Å². The van der Waals surface area contributed by atoms with Crippen molar-refractivity contribution in [1.29, 1.82) is 0 Å². The van der Waals surface area contributed by atoms with Crippen LogP contribution in [0.15, 0.2) is 18.2 Å². The van der Waals surface area contributed by atoms with Gasteiger partial charge in [0.25, 0.3) is 0 Å². The zero-order valence-electron chi connectivity index (χ0n) is 12.4. The minimum Gasteiger partial charge on any atom is -0.317 e. The molecule has 3 heteroatoms. The van der Waals surface area contributed by atoms with E-state index in [0.29, 0.717) is 5.41 Å². The Hall–Kier alpha value is -0.240. The highest BCUT2D eigenvalue weighted by Crippen LogP contribution is 2.45. The molecule has 0 radical (unpaired) electrons. The van der Waals surface area contributed by atoms with Crippen molar-refractivity contribution in [2.24, 2.45) is 5.41 Å². The average Bonchev–Trinajstić information content (AvgIpc) is 2.89. The first-order valence-electron chi connectivity index (χ1n) is 7.80. The molecule has 20 heavy (non-hydrogen) atoms. The molecule has 1 fully saturated rings. The van der Waals surface area contributed by atoms with Crippen molar-refractivity contribution < 1.29 is 0 Å². The van der Waals surface area contributed by atoms with Gasteiger partial charge in [-0.05, 0) is 74.4 Å². The number of benzene rings is 1. The van der Waals surface area contributed by atoms with Gasteiger partial charge in [0.1, 0.15) is 0 Å². The molecule has 0 heterocycles. The summed E-state index contributed by atoms with van der Waals surface area (Å²) >= 11 is 12.4. The van der Waals surface area contributed by atoms with Crippen LogP contribution < -0.4 is 5.32 Å². The maximum Gasteiger partial charge on any atom is 0.0439 e. The van der Waals surface area contributed by atoms with Gasteiger partial charge in [-0.25, -0.2) is 0 Å². The summed E-state index contributed by atoms with van der Waals surface area (Å²) in [4.78, 5) is 0. The quantitative estimate of drug-likeness (QED) is 0.657. The predicted octanol–water partition coefficient (Wildman–Crippen LogP) is 5.49. The Balaban J connectivity index is 1.96. The van der Waals surface area contributed by atoms with Crippen LogP contribution in [0.2, 0.25) is 10.0 Å². The lowest BCUT2D eigenvalue weighted by atomic mass is 9.77. The number of hydrogen-bond acceptors (Lipinski definition) is 1. The number of hydrogen-bond donors (Lipinski definition) is 1. The average molecular weight is 314 g/mol. The number of rotatable bonds is 7. The zero-order valence-corrected chi connectivity index (χ0v) is 13.9. The van der Waals surface area contributed by atoms with Gasteiger partial charge in [-0.2, -0.15) is 0 Å². The summed E-state index contributed by atoms with van der Waals surface area (Å²) in [7, 11) is 0. The summed E-state index contributed by atoms with van der Waals surface area (Å²) in [5.41, 5.74) is 1.72. The third-order valence-corrected chi connectivity index (χ3v) is 5.28. The Morgan fingerprint density at radius 1 is 1.15 bits per heavy atom. The Morgan fingerprint density at radius 2 is 1.90 bits per heavy atom. The van der Waals surface area contributed by atoms with Gasteiger partial charge in [0.15, 0.2) is 0 Å². The molecule has 1 saturated carbocycles. The highest BCUT2D eigenvalue weighted by molar-refractivity contribution is 6.33. The molecule has 0 aliphatic heterocycles. The Labute approximate surface area is 133 Å². The molecule has 0 amide bonds. The van der Waals surface area contributed by atoms with Gasteiger partial charge in [0.2, 0.25) is 0 Å².